The first-order valence-corrected chi connectivity index (χ1v) is 9.51. The van der Waals surface area contributed by atoms with Crippen molar-refractivity contribution < 1.29 is 9.53 Å². The highest BCUT2D eigenvalue weighted by Gasteiger charge is 2.21. The molecule has 1 saturated carbocycles. The van der Waals surface area contributed by atoms with Gasteiger partial charge in [-0.3, -0.25) is 4.79 Å². The van der Waals surface area contributed by atoms with Crippen molar-refractivity contribution in [1.29, 1.82) is 0 Å². The molecule has 1 fully saturated rings. The molecule has 0 saturated heterocycles. The van der Waals surface area contributed by atoms with Gasteiger partial charge in [0.25, 0.3) is 0 Å². The lowest BCUT2D eigenvalue weighted by molar-refractivity contribution is -0.124. The van der Waals surface area contributed by atoms with E-state index in [-0.39, 0.29) is 11.8 Å². The standard InChI is InChI=1S/C21H24N2O2S/c24-20(17-11-5-2-6-12-17)23-21(26)22-18-13-7-8-14-19(18)25-15-16-9-3-1-4-10-16/h1,3-4,7-10,13-14,17H,2,5-6,11-12,15H2,(H2,22,23,24,26). The number of amides is 1. The first kappa shape index (κ1) is 18.4. The molecule has 136 valence electrons. The second-order valence-corrected chi connectivity index (χ2v) is 6.96. The molecule has 3 rings (SSSR count). The van der Waals surface area contributed by atoms with E-state index < -0.39 is 0 Å². The van der Waals surface area contributed by atoms with Gasteiger partial charge in [-0.25, -0.2) is 0 Å². The minimum absolute atomic E-state index is 0.0184. The molecular formula is C21H24N2O2S. The summed E-state index contributed by atoms with van der Waals surface area (Å²) in [5.41, 5.74) is 1.84. The first-order chi connectivity index (χ1) is 12.7. The Morgan fingerprint density at radius 2 is 1.69 bits per heavy atom. The molecule has 0 radical (unpaired) electrons. The van der Waals surface area contributed by atoms with E-state index >= 15 is 0 Å². The van der Waals surface area contributed by atoms with Gasteiger partial charge in [-0.15, -0.1) is 0 Å². The van der Waals surface area contributed by atoms with Crippen molar-refractivity contribution in [2.75, 3.05) is 5.32 Å². The van der Waals surface area contributed by atoms with Crippen molar-refractivity contribution in [3.63, 3.8) is 0 Å². The summed E-state index contributed by atoms with van der Waals surface area (Å²) in [6.45, 7) is 0.473. The minimum atomic E-state index is 0.0184. The van der Waals surface area contributed by atoms with Crippen molar-refractivity contribution in [3.8, 4) is 5.75 Å². The zero-order valence-electron chi connectivity index (χ0n) is 14.7. The second kappa shape index (κ2) is 9.34. The van der Waals surface area contributed by atoms with Crippen LogP contribution in [0.1, 0.15) is 37.7 Å². The fourth-order valence-electron chi connectivity index (χ4n) is 3.16. The smallest absolute Gasteiger partial charge is 0.229 e. The number of thiocarbonyl (C=S) groups is 1. The molecule has 1 aliphatic rings. The largest absolute Gasteiger partial charge is 0.487 e. The van der Waals surface area contributed by atoms with Gasteiger partial charge < -0.3 is 15.4 Å². The van der Waals surface area contributed by atoms with E-state index in [0.29, 0.717) is 17.5 Å². The maximum Gasteiger partial charge on any atom is 0.229 e. The number of carbonyl (C=O) groups is 1. The molecule has 0 unspecified atom stereocenters. The van der Waals surface area contributed by atoms with Gasteiger partial charge in [0.1, 0.15) is 12.4 Å². The van der Waals surface area contributed by atoms with Crippen LogP contribution in [0.25, 0.3) is 0 Å². The third kappa shape index (κ3) is 5.30. The molecular weight excluding hydrogens is 344 g/mol. The van der Waals surface area contributed by atoms with Crippen LogP contribution in [0.2, 0.25) is 0 Å². The number of nitrogens with one attached hydrogen (secondary N) is 2. The van der Waals surface area contributed by atoms with Crippen LogP contribution in [-0.4, -0.2) is 11.0 Å². The molecule has 4 nitrogen and oxygen atoms in total. The van der Waals surface area contributed by atoms with Crippen LogP contribution in [0, 0.1) is 5.92 Å². The van der Waals surface area contributed by atoms with Gasteiger partial charge in [-0.05, 0) is 42.8 Å². The number of para-hydroxylation sites is 2. The summed E-state index contributed by atoms with van der Waals surface area (Å²) in [5, 5.41) is 6.23. The molecule has 2 aromatic carbocycles. The Morgan fingerprint density at radius 3 is 2.46 bits per heavy atom. The molecule has 2 N–H and O–H groups in total. The van der Waals surface area contributed by atoms with E-state index in [9.17, 15) is 4.79 Å². The molecule has 0 spiro atoms. The fraction of sp³-hybridized carbons (Fsp3) is 0.333. The molecule has 0 aliphatic heterocycles. The molecule has 0 bridgehead atoms. The lowest BCUT2D eigenvalue weighted by atomic mass is 9.89. The fourth-order valence-corrected chi connectivity index (χ4v) is 3.37. The van der Waals surface area contributed by atoms with E-state index in [1.54, 1.807) is 0 Å². The summed E-state index contributed by atoms with van der Waals surface area (Å²) >= 11 is 5.32. The maximum absolute atomic E-state index is 12.3. The number of carbonyl (C=O) groups excluding carboxylic acids is 1. The van der Waals surface area contributed by atoms with Crippen LogP contribution < -0.4 is 15.4 Å². The van der Waals surface area contributed by atoms with Crippen molar-refractivity contribution in [1.82, 2.24) is 5.32 Å². The quantitative estimate of drug-likeness (QED) is 0.754. The van der Waals surface area contributed by atoms with Crippen LogP contribution in [0.4, 0.5) is 5.69 Å². The van der Waals surface area contributed by atoms with E-state index in [0.717, 1.165) is 36.9 Å². The first-order valence-electron chi connectivity index (χ1n) is 9.10. The molecule has 5 heteroatoms. The van der Waals surface area contributed by atoms with E-state index in [1.165, 1.54) is 6.42 Å². The third-order valence-corrected chi connectivity index (χ3v) is 4.79. The van der Waals surface area contributed by atoms with Crippen LogP contribution in [0.3, 0.4) is 0 Å². The lowest BCUT2D eigenvalue weighted by Gasteiger charge is -2.21. The van der Waals surface area contributed by atoms with Gasteiger partial charge in [-0.1, -0.05) is 61.7 Å². The molecule has 0 aromatic heterocycles. The summed E-state index contributed by atoms with van der Waals surface area (Å²) < 4.78 is 5.91. The Kier molecular flexibility index (Phi) is 6.61. The normalized spacial score (nSPS) is 14.5. The Bertz CT molecular complexity index is 743. The van der Waals surface area contributed by atoms with Gasteiger partial charge in [0.15, 0.2) is 5.11 Å². The number of hydrogen-bond donors (Lipinski definition) is 2. The van der Waals surface area contributed by atoms with Gasteiger partial charge >= 0.3 is 0 Å². The topological polar surface area (TPSA) is 50.4 Å². The molecule has 1 amide bonds. The third-order valence-electron chi connectivity index (χ3n) is 4.59. The zero-order valence-corrected chi connectivity index (χ0v) is 15.6. The van der Waals surface area contributed by atoms with E-state index in [1.807, 2.05) is 54.6 Å². The van der Waals surface area contributed by atoms with Crippen LogP contribution in [-0.2, 0) is 11.4 Å². The number of rotatable bonds is 5. The SMILES string of the molecule is O=C(NC(=S)Nc1ccccc1OCc1ccccc1)C1CCCCC1. The van der Waals surface area contributed by atoms with Crippen molar-refractivity contribution in [3.05, 3.63) is 60.2 Å². The predicted molar refractivity (Wildman–Crippen MR) is 108 cm³/mol. The Labute approximate surface area is 160 Å². The average molecular weight is 369 g/mol. The number of anilines is 1. The number of ether oxygens (including phenoxy) is 1. The number of hydrogen-bond acceptors (Lipinski definition) is 3. The molecule has 26 heavy (non-hydrogen) atoms. The predicted octanol–water partition coefficient (Wildman–Crippen LogP) is 4.66. The van der Waals surface area contributed by atoms with E-state index in [4.69, 9.17) is 17.0 Å². The highest BCUT2D eigenvalue weighted by molar-refractivity contribution is 7.80. The summed E-state index contributed by atoms with van der Waals surface area (Å²) in [6.07, 6.45) is 5.36. The Hall–Kier alpha value is -2.40. The Morgan fingerprint density at radius 1 is 1.00 bits per heavy atom. The van der Waals surface area contributed by atoms with Gasteiger partial charge in [-0.2, -0.15) is 0 Å². The molecule has 0 heterocycles. The summed E-state index contributed by atoms with van der Waals surface area (Å²) in [4.78, 5) is 12.3. The van der Waals surface area contributed by atoms with Crippen molar-refractivity contribution in [2.24, 2.45) is 5.92 Å². The zero-order chi connectivity index (χ0) is 18.2. The Balaban J connectivity index is 1.57. The lowest BCUT2D eigenvalue weighted by Crippen LogP contribution is -2.39. The van der Waals surface area contributed by atoms with Gasteiger partial charge in [0.05, 0.1) is 5.69 Å². The highest BCUT2D eigenvalue weighted by atomic mass is 32.1. The highest BCUT2D eigenvalue weighted by Crippen LogP contribution is 2.26. The second-order valence-electron chi connectivity index (χ2n) is 6.55. The monoisotopic (exact) mass is 368 g/mol. The van der Waals surface area contributed by atoms with Gasteiger partial charge in [0.2, 0.25) is 5.91 Å². The average Bonchev–Trinajstić information content (AvgIpc) is 2.68. The minimum Gasteiger partial charge on any atom is -0.487 e. The molecule has 0 atom stereocenters. The summed E-state index contributed by atoms with van der Waals surface area (Å²) in [5.74, 6) is 0.795. The van der Waals surface area contributed by atoms with Crippen LogP contribution in [0.15, 0.2) is 54.6 Å². The van der Waals surface area contributed by atoms with Gasteiger partial charge in [0, 0.05) is 5.92 Å². The summed E-state index contributed by atoms with van der Waals surface area (Å²) in [6, 6.07) is 17.6. The van der Waals surface area contributed by atoms with Crippen LogP contribution >= 0.6 is 12.2 Å². The van der Waals surface area contributed by atoms with Crippen LogP contribution in [0.5, 0.6) is 5.75 Å². The number of benzene rings is 2. The molecule has 1 aliphatic carbocycles. The van der Waals surface area contributed by atoms with Crippen molar-refractivity contribution in [2.45, 2.75) is 38.7 Å². The molecule has 2 aromatic rings. The maximum atomic E-state index is 12.3. The summed E-state index contributed by atoms with van der Waals surface area (Å²) in [7, 11) is 0. The van der Waals surface area contributed by atoms with E-state index in [2.05, 4.69) is 10.6 Å². The van der Waals surface area contributed by atoms with Crippen molar-refractivity contribution >= 4 is 28.9 Å².